The van der Waals surface area contributed by atoms with Gasteiger partial charge in [0.2, 0.25) is 0 Å². The Kier molecular flexibility index (Phi) is 8.44. The van der Waals surface area contributed by atoms with Gasteiger partial charge in [-0.15, -0.1) is 13.2 Å². The first kappa shape index (κ1) is 17.9. The van der Waals surface area contributed by atoms with Crippen molar-refractivity contribution in [2.75, 3.05) is 13.2 Å². The van der Waals surface area contributed by atoms with E-state index in [1.807, 2.05) is 19.1 Å². The van der Waals surface area contributed by atoms with Crippen molar-refractivity contribution in [3.05, 3.63) is 37.6 Å². The summed E-state index contributed by atoms with van der Waals surface area (Å²) in [6.45, 7) is 19.1. The van der Waals surface area contributed by atoms with Crippen LogP contribution in [0.1, 0.15) is 33.6 Å². The van der Waals surface area contributed by atoms with Gasteiger partial charge in [-0.05, 0) is 20.3 Å². The summed E-state index contributed by atoms with van der Waals surface area (Å²) in [4.78, 5) is 0. The monoisotopic (exact) mass is 266 g/mol. The lowest BCUT2D eigenvalue weighted by Gasteiger charge is -2.28. The van der Waals surface area contributed by atoms with Gasteiger partial charge in [0.05, 0.1) is 12.4 Å². The van der Waals surface area contributed by atoms with E-state index >= 15 is 0 Å². The van der Waals surface area contributed by atoms with Crippen molar-refractivity contribution in [1.29, 1.82) is 0 Å². The largest absolute Gasteiger partial charge is 0.498 e. The normalized spacial score (nSPS) is 17.1. The summed E-state index contributed by atoms with van der Waals surface area (Å²) >= 11 is 0. The van der Waals surface area contributed by atoms with Crippen molar-refractivity contribution in [3.8, 4) is 0 Å². The SMILES string of the molecule is C=CCC(C)NCC(C)(C=C)COC(=C)CC(C)N. The quantitative estimate of drug-likeness (QED) is 0.446. The zero-order chi connectivity index (χ0) is 14.9. The van der Waals surface area contributed by atoms with Crippen LogP contribution in [0.5, 0.6) is 0 Å². The zero-order valence-corrected chi connectivity index (χ0v) is 12.7. The lowest BCUT2D eigenvalue weighted by atomic mass is 9.91. The third-order valence-electron chi connectivity index (χ3n) is 3.02. The molecule has 0 fully saturated rings. The van der Waals surface area contributed by atoms with E-state index in [9.17, 15) is 0 Å². The second kappa shape index (κ2) is 8.94. The molecule has 3 N–H and O–H groups in total. The second-order valence-corrected chi connectivity index (χ2v) is 5.67. The van der Waals surface area contributed by atoms with E-state index in [0.29, 0.717) is 19.1 Å². The van der Waals surface area contributed by atoms with Crippen molar-refractivity contribution in [3.63, 3.8) is 0 Å². The molecule has 0 aliphatic rings. The molecule has 0 saturated carbocycles. The first-order chi connectivity index (χ1) is 8.83. The molecule has 3 atom stereocenters. The summed E-state index contributed by atoms with van der Waals surface area (Å²) in [5, 5.41) is 3.46. The summed E-state index contributed by atoms with van der Waals surface area (Å²) in [7, 11) is 0. The minimum absolute atomic E-state index is 0.0771. The van der Waals surface area contributed by atoms with Crippen molar-refractivity contribution >= 4 is 0 Å². The molecule has 0 bridgehead atoms. The molecule has 3 heteroatoms. The Balaban J connectivity index is 4.18. The maximum Gasteiger partial charge on any atom is 0.0977 e. The Morgan fingerprint density at radius 1 is 1.42 bits per heavy atom. The van der Waals surface area contributed by atoms with Gasteiger partial charge >= 0.3 is 0 Å². The highest BCUT2D eigenvalue weighted by Crippen LogP contribution is 2.19. The molecule has 0 amide bonds. The third kappa shape index (κ3) is 8.62. The van der Waals surface area contributed by atoms with Gasteiger partial charge in [0.25, 0.3) is 0 Å². The molecule has 0 rings (SSSR count). The van der Waals surface area contributed by atoms with Crippen LogP contribution in [-0.2, 0) is 4.74 Å². The van der Waals surface area contributed by atoms with E-state index in [2.05, 4.69) is 38.9 Å². The van der Waals surface area contributed by atoms with Crippen molar-refractivity contribution in [2.24, 2.45) is 11.1 Å². The summed E-state index contributed by atoms with van der Waals surface area (Å²) in [5.41, 5.74) is 5.60. The molecule has 3 unspecified atom stereocenters. The molecular formula is C16H30N2O. The molecule has 0 aliphatic heterocycles. The van der Waals surface area contributed by atoms with Crippen LogP contribution in [0.3, 0.4) is 0 Å². The number of ether oxygens (including phenoxy) is 1. The highest BCUT2D eigenvalue weighted by molar-refractivity contribution is 4.96. The van der Waals surface area contributed by atoms with Gasteiger partial charge in [-0.25, -0.2) is 0 Å². The molecule has 0 aromatic heterocycles. The van der Waals surface area contributed by atoms with Crippen LogP contribution in [0.4, 0.5) is 0 Å². The first-order valence-electron chi connectivity index (χ1n) is 6.87. The number of hydrogen-bond acceptors (Lipinski definition) is 3. The van der Waals surface area contributed by atoms with Crippen LogP contribution in [0.15, 0.2) is 37.6 Å². The maximum atomic E-state index is 5.71. The fourth-order valence-corrected chi connectivity index (χ4v) is 1.61. The van der Waals surface area contributed by atoms with Gasteiger partial charge in [0, 0.05) is 30.5 Å². The van der Waals surface area contributed by atoms with Crippen LogP contribution >= 0.6 is 0 Å². The molecule has 0 spiro atoms. The molecular weight excluding hydrogens is 236 g/mol. The predicted molar refractivity (Wildman–Crippen MR) is 83.9 cm³/mol. The van der Waals surface area contributed by atoms with E-state index in [-0.39, 0.29) is 11.5 Å². The molecule has 3 nitrogen and oxygen atoms in total. The Morgan fingerprint density at radius 3 is 2.53 bits per heavy atom. The smallest absolute Gasteiger partial charge is 0.0977 e. The molecule has 0 aliphatic carbocycles. The van der Waals surface area contributed by atoms with Crippen molar-refractivity contribution in [1.82, 2.24) is 5.32 Å². The standard InChI is InChI=1S/C16H30N2O/c1-7-9-14(4)18-11-16(6,8-2)12-19-15(5)10-13(3)17/h7-8,13-14,18H,1-2,5,9-12,17H2,3-4,6H3. The highest BCUT2D eigenvalue weighted by Gasteiger charge is 2.22. The highest BCUT2D eigenvalue weighted by atomic mass is 16.5. The fraction of sp³-hybridized carbons (Fsp3) is 0.625. The van der Waals surface area contributed by atoms with Crippen LogP contribution in [-0.4, -0.2) is 25.2 Å². The van der Waals surface area contributed by atoms with Gasteiger partial charge in [0.1, 0.15) is 0 Å². The summed E-state index contributed by atoms with van der Waals surface area (Å²) in [5.74, 6) is 0.738. The summed E-state index contributed by atoms with van der Waals surface area (Å²) in [6.07, 6.45) is 5.49. The number of nitrogens with two attached hydrogens (primary N) is 1. The number of nitrogens with one attached hydrogen (secondary N) is 1. The van der Waals surface area contributed by atoms with E-state index in [1.165, 1.54) is 0 Å². The molecule has 0 saturated heterocycles. The van der Waals surface area contributed by atoms with Crippen LogP contribution in [0, 0.1) is 5.41 Å². The van der Waals surface area contributed by atoms with Gasteiger partial charge in [-0.3, -0.25) is 0 Å². The summed E-state index contributed by atoms with van der Waals surface area (Å²) in [6, 6.07) is 0.484. The van der Waals surface area contributed by atoms with Gasteiger partial charge < -0.3 is 15.8 Å². The minimum atomic E-state index is -0.115. The number of rotatable bonds is 11. The summed E-state index contributed by atoms with van der Waals surface area (Å²) < 4.78 is 5.70. The van der Waals surface area contributed by atoms with Crippen LogP contribution in [0.2, 0.25) is 0 Å². The van der Waals surface area contributed by atoms with Gasteiger partial charge in [-0.2, -0.15) is 0 Å². The zero-order valence-electron chi connectivity index (χ0n) is 12.7. The Morgan fingerprint density at radius 2 is 2.05 bits per heavy atom. The Bertz CT molecular complexity index is 299. The first-order valence-corrected chi connectivity index (χ1v) is 6.87. The maximum absolute atomic E-state index is 5.71. The van der Waals surface area contributed by atoms with Crippen LogP contribution < -0.4 is 11.1 Å². The van der Waals surface area contributed by atoms with Gasteiger partial charge in [0.15, 0.2) is 0 Å². The second-order valence-electron chi connectivity index (χ2n) is 5.67. The Hall–Kier alpha value is -1.06. The van der Waals surface area contributed by atoms with E-state index in [4.69, 9.17) is 10.5 Å². The fourth-order valence-electron chi connectivity index (χ4n) is 1.61. The average Bonchev–Trinajstić information content (AvgIpc) is 2.34. The lowest BCUT2D eigenvalue weighted by molar-refractivity contribution is 0.124. The van der Waals surface area contributed by atoms with Gasteiger partial charge in [-0.1, -0.05) is 25.7 Å². The van der Waals surface area contributed by atoms with E-state index in [0.717, 1.165) is 18.7 Å². The number of hydrogen-bond donors (Lipinski definition) is 2. The molecule has 0 radical (unpaired) electrons. The van der Waals surface area contributed by atoms with Crippen molar-refractivity contribution < 1.29 is 4.74 Å². The van der Waals surface area contributed by atoms with Crippen molar-refractivity contribution in [2.45, 2.75) is 45.7 Å². The Labute approximate surface area is 118 Å². The average molecular weight is 266 g/mol. The predicted octanol–water partition coefficient (Wildman–Crippen LogP) is 3.00. The topological polar surface area (TPSA) is 47.3 Å². The van der Waals surface area contributed by atoms with E-state index < -0.39 is 0 Å². The lowest BCUT2D eigenvalue weighted by Crippen LogP contribution is -2.38. The molecule has 0 aromatic carbocycles. The molecule has 19 heavy (non-hydrogen) atoms. The van der Waals surface area contributed by atoms with Crippen LogP contribution in [0.25, 0.3) is 0 Å². The molecule has 110 valence electrons. The molecule has 0 heterocycles. The third-order valence-corrected chi connectivity index (χ3v) is 3.02. The molecule has 0 aromatic rings. The minimum Gasteiger partial charge on any atom is -0.498 e. The van der Waals surface area contributed by atoms with E-state index in [1.54, 1.807) is 0 Å².